The first-order valence-electron chi connectivity index (χ1n) is 21.3. The summed E-state index contributed by atoms with van der Waals surface area (Å²) in [6.07, 6.45) is 3.71. The average molecular weight is 895 g/mol. The zero-order valence-electron chi connectivity index (χ0n) is 37.2. The van der Waals surface area contributed by atoms with Crippen molar-refractivity contribution in [3.05, 3.63) is 132 Å². The van der Waals surface area contributed by atoms with Gasteiger partial charge in [-0.2, -0.15) is 0 Å². The third-order valence-corrected chi connectivity index (χ3v) is 10.4. The third kappa shape index (κ3) is 14.7. The number of pyridine rings is 1. The number of rotatable bonds is 17. The normalized spacial score (nSPS) is 11.3. The van der Waals surface area contributed by atoms with Gasteiger partial charge in [0.1, 0.15) is 5.82 Å². The highest BCUT2D eigenvalue weighted by atomic mass is 16.2. The number of nitrogens with zero attached hydrogens (tertiary/aromatic N) is 2. The molecule has 0 saturated heterocycles. The molecular formula is C48H54N12O6. The molecule has 66 heavy (non-hydrogen) atoms. The van der Waals surface area contributed by atoms with Crippen LogP contribution in [0.4, 0.5) is 52.5 Å². The molecule has 1 heterocycles. The van der Waals surface area contributed by atoms with Crippen LogP contribution in [0.1, 0.15) is 49.9 Å². The SMILES string of the molecule is CC(C)(CNC(=O)Nc1ccc(CN=C=O)cc1)CNC(=O)Nc1ccc2c(c1)Cc1cc(NC(=O)NCC(C)(C)CNC(=O)Nc3ccc(CNC(=O)Nc4ccccn4)cc3)ccc1-2. The Morgan fingerprint density at radius 1 is 0.530 bits per heavy atom. The lowest BCUT2D eigenvalue weighted by molar-refractivity contribution is 0.237. The molecule has 6 rings (SSSR count). The molecule has 1 aliphatic carbocycles. The molecule has 10 N–H and O–H groups in total. The van der Waals surface area contributed by atoms with E-state index in [-0.39, 0.29) is 37.2 Å². The Hall–Kier alpha value is -8.24. The summed E-state index contributed by atoms with van der Waals surface area (Å²) in [5.41, 5.74) is 7.34. The first-order valence-corrected chi connectivity index (χ1v) is 21.3. The van der Waals surface area contributed by atoms with Crippen LogP contribution >= 0.6 is 0 Å². The van der Waals surface area contributed by atoms with Crippen LogP contribution in [-0.2, 0) is 24.3 Å². The van der Waals surface area contributed by atoms with E-state index in [1.165, 1.54) is 6.08 Å². The number of hydrogen-bond acceptors (Lipinski definition) is 8. The molecule has 1 aromatic heterocycles. The van der Waals surface area contributed by atoms with Crippen molar-refractivity contribution < 1.29 is 28.8 Å². The number of urea groups is 5. The summed E-state index contributed by atoms with van der Waals surface area (Å²) in [6.45, 7) is 9.41. The Morgan fingerprint density at radius 2 is 0.955 bits per heavy atom. The van der Waals surface area contributed by atoms with Crippen LogP contribution in [0.3, 0.4) is 0 Å². The summed E-state index contributed by atoms with van der Waals surface area (Å²) in [7, 11) is 0. The molecule has 0 spiro atoms. The van der Waals surface area contributed by atoms with Crippen molar-refractivity contribution in [2.75, 3.05) is 52.8 Å². The van der Waals surface area contributed by atoms with Crippen LogP contribution < -0.4 is 53.2 Å². The molecule has 0 fully saturated rings. The molecule has 0 aliphatic heterocycles. The maximum absolute atomic E-state index is 13.0. The van der Waals surface area contributed by atoms with Gasteiger partial charge in [-0.1, -0.05) is 70.2 Å². The number of carbonyl (C=O) groups is 5. The highest BCUT2D eigenvalue weighted by molar-refractivity contribution is 5.93. The van der Waals surface area contributed by atoms with E-state index in [1.807, 2.05) is 64.1 Å². The highest BCUT2D eigenvalue weighted by Crippen LogP contribution is 2.39. The summed E-state index contributed by atoms with van der Waals surface area (Å²) < 4.78 is 0. The standard InChI is InChI=1S/C48H54N12O6/c1-47(2,26-52-43(63)56-35-12-8-31(9-13-35)24-49-30-61)28-54-45(65)58-37-16-18-39-33(22-37)21-34-23-38(17-19-40(34)39)59-46(66)55-29-48(3,4)27-53-44(64)57-36-14-10-32(11-15-36)25-51-42(62)60-41-7-5-6-20-50-41/h5-20,22-23H,21,24-29H2,1-4H3,(H2,52,56,63)(H2,53,57,64)(H2,54,58,65)(H2,55,59,66)(H2,50,51,60,62). The highest BCUT2D eigenvalue weighted by Gasteiger charge is 2.23. The van der Waals surface area contributed by atoms with Crippen LogP contribution in [-0.4, -0.2) is 67.4 Å². The second kappa shape index (κ2) is 21.9. The third-order valence-electron chi connectivity index (χ3n) is 10.4. The monoisotopic (exact) mass is 894 g/mol. The van der Waals surface area contributed by atoms with Gasteiger partial charge in [0.2, 0.25) is 6.08 Å². The molecule has 342 valence electrons. The van der Waals surface area contributed by atoms with Gasteiger partial charge >= 0.3 is 30.2 Å². The number of aromatic nitrogens is 1. The maximum Gasteiger partial charge on any atom is 0.320 e. The number of isocyanates is 1. The van der Waals surface area contributed by atoms with Crippen LogP contribution in [0.15, 0.2) is 114 Å². The lowest BCUT2D eigenvalue weighted by atomic mass is 9.93. The number of hydrogen-bond donors (Lipinski definition) is 10. The molecule has 0 unspecified atom stereocenters. The molecule has 18 heteroatoms. The van der Waals surface area contributed by atoms with Crippen LogP contribution in [0, 0.1) is 10.8 Å². The number of nitrogens with one attached hydrogen (secondary N) is 10. The Bertz CT molecular complexity index is 2580. The molecule has 0 saturated carbocycles. The number of amides is 10. The second-order valence-corrected chi connectivity index (χ2v) is 17.3. The summed E-state index contributed by atoms with van der Waals surface area (Å²) in [5.74, 6) is 0.447. The van der Waals surface area contributed by atoms with Crippen molar-refractivity contribution in [1.82, 2.24) is 31.6 Å². The minimum Gasteiger partial charge on any atom is -0.337 e. The van der Waals surface area contributed by atoms with Gasteiger partial charge in [0.05, 0.1) is 6.54 Å². The van der Waals surface area contributed by atoms with Gasteiger partial charge in [-0.3, -0.25) is 5.32 Å². The summed E-state index contributed by atoms with van der Waals surface area (Å²) in [6, 6.07) is 28.9. The van der Waals surface area contributed by atoms with E-state index < -0.39 is 16.9 Å². The van der Waals surface area contributed by atoms with Crippen LogP contribution in [0.25, 0.3) is 11.1 Å². The van der Waals surface area contributed by atoms with E-state index in [9.17, 15) is 28.8 Å². The molecule has 4 aromatic carbocycles. The largest absolute Gasteiger partial charge is 0.337 e. The zero-order valence-corrected chi connectivity index (χ0v) is 37.2. The molecule has 10 amide bonds. The molecule has 0 atom stereocenters. The average Bonchev–Trinajstić information content (AvgIpc) is 3.66. The van der Waals surface area contributed by atoms with Gasteiger partial charge in [-0.25, -0.2) is 38.7 Å². The quantitative estimate of drug-likeness (QED) is 0.0322. The number of anilines is 5. The predicted octanol–water partition coefficient (Wildman–Crippen LogP) is 7.75. The Balaban J connectivity index is 0.874. The van der Waals surface area contributed by atoms with Crippen molar-refractivity contribution in [3.63, 3.8) is 0 Å². The first kappa shape index (κ1) is 47.2. The number of fused-ring (bicyclic) bond motifs is 3. The number of aliphatic imine (C=N–C) groups is 1. The second-order valence-electron chi connectivity index (χ2n) is 17.3. The van der Waals surface area contributed by atoms with Crippen LogP contribution in [0.5, 0.6) is 0 Å². The minimum absolute atomic E-state index is 0.223. The fraction of sp³-hybridized carbons (Fsp3) is 0.271. The molecule has 18 nitrogen and oxygen atoms in total. The van der Waals surface area contributed by atoms with E-state index in [4.69, 9.17) is 0 Å². The maximum atomic E-state index is 13.0. The lowest BCUT2D eigenvalue weighted by Gasteiger charge is -2.25. The summed E-state index contributed by atoms with van der Waals surface area (Å²) in [4.78, 5) is 81.1. The first-order chi connectivity index (χ1) is 31.6. The van der Waals surface area contributed by atoms with Gasteiger partial charge in [-0.15, -0.1) is 0 Å². The molecule has 0 radical (unpaired) electrons. The van der Waals surface area contributed by atoms with E-state index in [1.54, 1.807) is 72.9 Å². The Labute approximate surface area is 382 Å². The van der Waals surface area contributed by atoms with Crippen LogP contribution in [0.2, 0.25) is 0 Å². The predicted molar refractivity (Wildman–Crippen MR) is 255 cm³/mol. The Morgan fingerprint density at radius 3 is 1.39 bits per heavy atom. The number of carbonyl (C=O) groups excluding carboxylic acids is 6. The van der Waals surface area contributed by atoms with E-state index in [2.05, 4.69) is 63.1 Å². The fourth-order valence-corrected chi connectivity index (χ4v) is 6.77. The molecular weight excluding hydrogens is 841 g/mol. The van der Waals surface area contributed by atoms with Crippen molar-refractivity contribution in [2.45, 2.75) is 47.2 Å². The van der Waals surface area contributed by atoms with E-state index >= 15 is 0 Å². The lowest BCUT2D eigenvalue weighted by Crippen LogP contribution is -2.44. The Kier molecular flexibility index (Phi) is 15.7. The molecule has 1 aliphatic rings. The molecule has 5 aromatic rings. The zero-order chi connectivity index (χ0) is 47.1. The van der Waals surface area contributed by atoms with Gasteiger partial charge in [0.25, 0.3) is 0 Å². The molecule has 0 bridgehead atoms. The van der Waals surface area contributed by atoms with Gasteiger partial charge in [0.15, 0.2) is 0 Å². The van der Waals surface area contributed by atoms with Gasteiger partial charge < -0.3 is 47.9 Å². The summed E-state index contributed by atoms with van der Waals surface area (Å²) in [5, 5.41) is 28.3. The summed E-state index contributed by atoms with van der Waals surface area (Å²) >= 11 is 0. The van der Waals surface area contributed by atoms with Gasteiger partial charge in [0, 0.05) is 61.7 Å². The van der Waals surface area contributed by atoms with E-state index in [0.717, 1.165) is 33.4 Å². The number of benzene rings is 4. The fourth-order valence-electron chi connectivity index (χ4n) is 6.77. The smallest absolute Gasteiger partial charge is 0.320 e. The van der Waals surface area contributed by atoms with Crippen molar-refractivity contribution in [2.24, 2.45) is 15.8 Å². The van der Waals surface area contributed by atoms with Gasteiger partial charge in [-0.05, 0) is 111 Å². The van der Waals surface area contributed by atoms with Crippen molar-refractivity contribution in [1.29, 1.82) is 0 Å². The van der Waals surface area contributed by atoms with E-state index in [0.29, 0.717) is 61.2 Å². The van der Waals surface area contributed by atoms with Crippen molar-refractivity contribution >= 4 is 64.8 Å². The minimum atomic E-state index is -0.473. The topological polar surface area (TPSA) is 248 Å². The van der Waals surface area contributed by atoms with Crippen molar-refractivity contribution in [3.8, 4) is 11.1 Å².